The standard InChI is InChI=1S/C13H16ClNO2/c14-11-5-3-10(4-6-11)13(17)9-15-7-1-2-12(16)8-15/h3-6,12,16H,1-2,7-9H2. The van der Waals surface area contributed by atoms with Crippen LogP contribution in [-0.4, -0.2) is 41.5 Å². The van der Waals surface area contributed by atoms with Gasteiger partial charge in [-0.2, -0.15) is 0 Å². The molecule has 0 saturated carbocycles. The second kappa shape index (κ2) is 5.63. The van der Waals surface area contributed by atoms with E-state index >= 15 is 0 Å². The Kier molecular flexibility index (Phi) is 4.15. The molecule has 0 aliphatic carbocycles. The average molecular weight is 254 g/mol. The van der Waals surface area contributed by atoms with Crippen LogP contribution < -0.4 is 0 Å². The van der Waals surface area contributed by atoms with E-state index in [9.17, 15) is 9.90 Å². The largest absolute Gasteiger partial charge is 0.392 e. The molecule has 1 atom stereocenters. The molecule has 1 fully saturated rings. The molecule has 92 valence electrons. The number of β-amino-alcohol motifs (C(OH)–C–C–N with tert-alkyl or cyclic N) is 1. The van der Waals surface area contributed by atoms with Crippen LogP contribution in [0.15, 0.2) is 24.3 Å². The van der Waals surface area contributed by atoms with Crippen LogP contribution in [0.1, 0.15) is 23.2 Å². The number of aliphatic hydroxyl groups is 1. The van der Waals surface area contributed by atoms with Crippen molar-refractivity contribution in [3.63, 3.8) is 0 Å². The summed E-state index contributed by atoms with van der Waals surface area (Å²) in [6.07, 6.45) is 1.50. The molecule has 0 spiro atoms. The number of ketones is 1. The normalized spacial score (nSPS) is 21.4. The molecule has 1 aliphatic heterocycles. The monoisotopic (exact) mass is 253 g/mol. The summed E-state index contributed by atoms with van der Waals surface area (Å²) in [6.45, 7) is 1.86. The fraction of sp³-hybridized carbons (Fsp3) is 0.462. The van der Waals surface area contributed by atoms with Crippen LogP contribution in [-0.2, 0) is 0 Å². The third-order valence-corrected chi connectivity index (χ3v) is 3.27. The van der Waals surface area contributed by atoms with E-state index in [-0.39, 0.29) is 11.9 Å². The van der Waals surface area contributed by atoms with Crippen molar-refractivity contribution in [2.45, 2.75) is 18.9 Å². The first-order chi connectivity index (χ1) is 8.15. The van der Waals surface area contributed by atoms with Gasteiger partial charge in [-0.1, -0.05) is 11.6 Å². The van der Waals surface area contributed by atoms with E-state index in [1.165, 1.54) is 0 Å². The smallest absolute Gasteiger partial charge is 0.176 e. The van der Waals surface area contributed by atoms with Crippen LogP contribution in [0.2, 0.25) is 5.02 Å². The lowest BCUT2D eigenvalue weighted by molar-refractivity contribution is 0.0634. The molecule has 4 heteroatoms. The molecule has 1 heterocycles. The van der Waals surface area contributed by atoms with E-state index in [4.69, 9.17) is 11.6 Å². The third-order valence-electron chi connectivity index (χ3n) is 3.01. The lowest BCUT2D eigenvalue weighted by Crippen LogP contribution is -2.41. The Hall–Kier alpha value is -0.900. The first-order valence-corrected chi connectivity index (χ1v) is 6.22. The highest BCUT2D eigenvalue weighted by Gasteiger charge is 2.20. The summed E-state index contributed by atoms with van der Waals surface area (Å²) in [4.78, 5) is 14.0. The highest BCUT2D eigenvalue weighted by atomic mass is 35.5. The summed E-state index contributed by atoms with van der Waals surface area (Å²) < 4.78 is 0. The maximum absolute atomic E-state index is 12.0. The first kappa shape index (κ1) is 12.6. The lowest BCUT2D eigenvalue weighted by Gasteiger charge is -2.29. The van der Waals surface area contributed by atoms with Gasteiger partial charge < -0.3 is 5.11 Å². The number of benzene rings is 1. The van der Waals surface area contributed by atoms with Crippen molar-refractivity contribution in [2.24, 2.45) is 0 Å². The minimum absolute atomic E-state index is 0.0794. The number of carbonyl (C=O) groups excluding carboxylic acids is 1. The van der Waals surface area contributed by atoms with Crippen molar-refractivity contribution < 1.29 is 9.90 Å². The van der Waals surface area contributed by atoms with Crippen LogP contribution in [0.5, 0.6) is 0 Å². The molecular weight excluding hydrogens is 238 g/mol. The predicted octanol–water partition coefficient (Wildman–Crippen LogP) is 1.98. The van der Waals surface area contributed by atoms with E-state index in [2.05, 4.69) is 0 Å². The van der Waals surface area contributed by atoms with Crippen molar-refractivity contribution in [1.82, 2.24) is 4.90 Å². The second-order valence-corrected chi connectivity index (χ2v) is 4.90. The zero-order chi connectivity index (χ0) is 12.3. The summed E-state index contributed by atoms with van der Waals surface area (Å²) in [5.41, 5.74) is 0.675. The maximum Gasteiger partial charge on any atom is 0.176 e. The fourth-order valence-corrected chi connectivity index (χ4v) is 2.23. The Morgan fingerprint density at radius 2 is 2.12 bits per heavy atom. The Morgan fingerprint density at radius 3 is 2.76 bits per heavy atom. The van der Waals surface area contributed by atoms with Gasteiger partial charge in [0.1, 0.15) is 0 Å². The van der Waals surface area contributed by atoms with Crippen LogP contribution >= 0.6 is 11.6 Å². The van der Waals surface area contributed by atoms with Gasteiger partial charge in [0.2, 0.25) is 0 Å². The van der Waals surface area contributed by atoms with Crippen molar-refractivity contribution in [3.8, 4) is 0 Å². The van der Waals surface area contributed by atoms with Crippen LogP contribution in [0.4, 0.5) is 0 Å². The number of hydrogen-bond acceptors (Lipinski definition) is 3. The van der Waals surface area contributed by atoms with Crippen LogP contribution in [0.25, 0.3) is 0 Å². The number of piperidine rings is 1. The number of rotatable bonds is 3. The van der Waals surface area contributed by atoms with Crippen molar-refractivity contribution in [1.29, 1.82) is 0 Å². The molecule has 1 aromatic carbocycles. The lowest BCUT2D eigenvalue weighted by atomic mass is 10.1. The number of aliphatic hydroxyl groups excluding tert-OH is 1. The average Bonchev–Trinajstić information content (AvgIpc) is 2.29. The fourth-order valence-electron chi connectivity index (χ4n) is 2.10. The van der Waals surface area contributed by atoms with Crippen molar-refractivity contribution in [2.75, 3.05) is 19.6 Å². The number of Topliss-reactive ketones (excluding diaryl/α,β-unsaturated/α-hetero) is 1. The van der Waals surface area contributed by atoms with Crippen molar-refractivity contribution >= 4 is 17.4 Å². The SMILES string of the molecule is O=C(CN1CCCC(O)C1)c1ccc(Cl)cc1. The molecular formula is C13H16ClNO2. The minimum Gasteiger partial charge on any atom is -0.392 e. The van der Waals surface area contributed by atoms with Gasteiger partial charge in [0.25, 0.3) is 0 Å². The van der Waals surface area contributed by atoms with Gasteiger partial charge in [-0.3, -0.25) is 9.69 Å². The molecule has 0 aromatic heterocycles. The highest BCUT2D eigenvalue weighted by Crippen LogP contribution is 2.13. The van der Waals surface area contributed by atoms with Gasteiger partial charge in [-0.25, -0.2) is 0 Å². The first-order valence-electron chi connectivity index (χ1n) is 5.84. The highest BCUT2D eigenvalue weighted by molar-refractivity contribution is 6.30. The van der Waals surface area contributed by atoms with E-state index in [0.29, 0.717) is 23.7 Å². The molecule has 0 radical (unpaired) electrons. The summed E-state index contributed by atoms with van der Waals surface area (Å²) in [5.74, 6) is 0.0794. The van der Waals surface area contributed by atoms with Gasteiger partial charge in [-0.05, 0) is 43.7 Å². The van der Waals surface area contributed by atoms with Gasteiger partial charge in [0.15, 0.2) is 5.78 Å². The summed E-state index contributed by atoms with van der Waals surface area (Å²) in [6, 6.07) is 6.93. The number of nitrogens with zero attached hydrogens (tertiary/aromatic N) is 1. The molecule has 0 amide bonds. The molecule has 3 nitrogen and oxygen atoms in total. The summed E-state index contributed by atoms with van der Waals surface area (Å²) in [7, 11) is 0. The number of likely N-dealkylation sites (tertiary alicyclic amines) is 1. The molecule has 0 bridgehead atoms. The Balaban J connectivity index is 1.94. The van der Waals surface area contributed by atoms with Gasteiger partial charge in [0, 0.05) is 17.1 Å². The molecule has 1 aliphatic rings. The van der Waals surface area contributed by atoms with Gasteiger partial charge in [-0.15, -0.1) is 0 Å². The number of hydrogen-bond donors (Lipinski definition) is 1. The van der Waals surface area contributed by atoms with Crippen molar-refractivity contribution in [3.05, 3.63) is 34.9 Å². The third kappa shape index (κ3) is 3.53. The van der Waals surface area contributed by atoms with Gasteiger partial charge >= 0.3 is 0 Å². The molecule has 2 rings (SSSR count). The van der Waals surface area contributed by atoms with E-state index < -0.39 is 0 Å². The Labute approximate surface area is 106 Å². The molecule has 1 N–H and O–H groups in total. The Morgan fingerprint density at radius 1 is 1.41 bits per heavy atom. The molecule has 1 unspecified atom stereocenters. The molecule has 1 saturated heterocycles. The minimum atomic E-state index is -0.290. The molecule has 1 aromatic rings. The predicted molar refractivity (Wildman–Crippen MR) is 67.5 cm³/mol. The van der Waals surface area contributed by atoms with Crippen LogP contribution in [0.3, 0.4) is 0 Å². The number of carbonyl (C=O) groups is 1. The van der Waals surface area contributed by atoms with Gasteiger partial charge in [0.05, 0.1) is 12.6 Å². The second-order valence-electron chi connectivity index (χ2n) is 4.46. The van der Waals surface area contributed by atoms with E-state index in [1.807, 2.05) is 4.90 Å². The number of halogens is 1. The zero-order valence-corrected chi connectivity index (χ0v) is 10.4. The van der Waals surface area contributed by atoms with Crippen LogP contribution in [0, 0.1) is 0 Å². The zero-order valence-electron chi connectivity index (χ0n) is 9.60. The topological polar surface area (TPSA) is 40.5 Å². The maximum atomic E-state index is 12.0. The quantitative estimate of drug-likeness (QED) is 0.838. The van der Waals surface area contributed by atoms with E-state index in [1.54, 1.807) is 24.3 Å². The van der Waals surface area contributed by atoms with E-state index in [0.717, 1.165) is 19.4 Å². The molecule has 17 heavy (non-hydrogen) atoms. The Bertz CT molecular complexity index is 391. The summed E-state index contributed by atoms with van der Waals surface area (Å²) >= 11 is 5.77. The summed E-state index contributed by atoms with van der Waals surface area (Å²) in [5, 5.41) is 10.2.